The summed E-state index contributed by atoms with van der Waals surface area (Å²) in [6.45, 7) is 3.66. The van der Waals surface area contributed by atoms with Gasteiger partial charge < -0.3 is 10.0 Å². The number of aromatic nitrogens is 1. The van der Waals surface area contributed by atoms with Crippen molar-refractivity contribution in [2.75, 3.05) is 31.5 Å². The molecule has 7 heteroatoms. The molecule has 0 unspecified atom stereocenters. The van der Waals surface area contributed by atoms with E-state index in [1.54, 1.807) is 11.0 Å². The summed E-state index contributed by atoms with van der Waals surface area (Å²) in [5, 5.41) is 20.8. The van der Waals surface area contributed by atoms with Gasteiger partial charge in [0.15, 0.2) is 0 Å². The van der Waals surface area contributed by atoms with Crippen LogP contribution < -0.4 is 5.32 Å². The summed E-state index contributed by atoms with van der Waals surface area (Å²) >= 11 is 0. The highest BCUT2D eigenvalue weighted by molar-refractivity contribution is 5.88. The number of carbonyl (C=O) groups is 1. The third kappa shape index (κ3) is 4.46. The molecule has 3 rings (SSSR count). The van der Waals surface area contributed by atoms with Crippen molar-refractivity contribution >= 4 is 11.8 Å². The number of anilines is 1. The molecule has 0 atom stereocenters. The predicted molar refractivity (Wildman–Crippen MR) is 92.9 cm³/mol. The van der Waals surface area contributed by atoms with E-state index in [2.05, 4.69) is 21.3 Å². The second-order valence-electron chi connectivity index (χ2n) is 5.90. The van der Waals surface area contributed by atoms with Crippen LogP contribution in [0.15, 0.2) is 42.6 Å². The number of amides is 2. The molecule has 1 aliphatic rings. The fourth-order valence-corrected chi connectivity index (χ4v) is 2.70. The number of aromatic hydroxyl groups is 1. The van der Waals surface area contributed by atoms with E-state index in [0.29, 0.717) is 24.5 Å². The minimum atomic E-state index is -0.184. The lowest BCUT2D eigenvalue weighted by atomic mass is 10.1. The Morgan fingerprint density at radius 2 is 1.88 bits per heavy atom. The first-order valence-electron chi connectivity index (χ1n) is 8.06. The van der Waals surface area contributed by atoms with Crippen LogP contribution in [-0.4, -0.2) is 52.1 Å². The highest BCUT2D eigenvalue weighted by Crippen LogP contribution is 2.13. The molecule has 0 aliphatic carbocycles. The van der Waals surface area contributed by atoms with Crippen LogP contribution in [0.3, 0.4) is 0 Å². The molecule has 0 saturated carbocycles. The number of nitrogens with zero attached hydrogens (tertiary/aromatic N) is 4. The van der Waals surface area contributed by atoms with Gasteiger partial charge in [-0.15, -0.1) is 0 Å². The number of carbonyl (C=O) groups excluding carboxylic acids is 1. The molecular formula is C18H19N5O2. The second kappa shape index (κ2) is 7.64. The molecule has 2 amide bonds. The van der Waals surface area contributed by atoms with E-state index in [1.807, 2.05) is 24.3 Å². The summed E-state index contributed by atoms with van der Waals surface area (Å²) in [7, 11) is 0. The average Bonchev–Trinajstić information content (AvgIpc) is 2.65. The molecule has 25 heavy (non-hydrogen) atoms. The van der Waals surface area contributed by atoms with Gasteiger partial charge in [-0.2, -0.15) is 5.26 Å². The normalized spacial score (nSPS) is 14.8. The molecule has 2 N–H and O–H groups in total. The number of benzene rings is 1. The fraction of sp³-hybridized carbons (Fsp3) is 0.278. The zero-order valence-electron chi connectivity index (χ0n) is 13.7. The molecule has 1 fully saturated rings. The number of rotatable bonds is 3. The number of piperazine rings is 1. The molecule has 0 bridgehead atoms. The van der Waals surface area contributed by atoms with Crippen molar-refractivity contribution in [1.82, 2.24) is 14.8 Å². The first kappa shape index (κ1) is 16.7. The molecule has 2 heterocycles. The quantitative estimate of drug-likeness (QED) is 0.894. The lowest BCUT2D eigenvalue weighted by Gasteiger charge is -2.34. The minimum absolute atomic E-state index is 0.0643. The van der Waals surface area contributed by atoms with Crippen molar-refractivity contribution in [3.05, 3.63) is 53.7 Å². The van der Waals surface area contributed by atoms with Gasteiger partial charge in [0.25, 0.3) is 0 Å². The molecule has 1 saturated heterocycles. The Morgan fingerprint density at radius 1 is 1.16 bits per heavy atom. The van der Waals surface area contributed by atoms with Gasteiger partial charge in [0.05, 0.1) is 17.8 Å². The second-order valence-corrected chi connectivity index (χ2v) is 5.90. The van der Waals surface area contributed by atoms with Crippen LogP contribution in [0.5, 0.6) is 5.75 Å². The first-order valence-corrected chi connectivity index (χ1v) is 8.06. The Morgan fingerprint density at radius 3 is 2.48 bits per heavy atom. The number of nitriles is 1. The third-order valence-corrected chi connectivity index (χ3v) is 4.13. The third-order valence-electron chi connectivity index (χ3n) is 4.13. The van der Waals surface area contributed by atoms with E-state index < -0.39 is 0 Å². The summed E-state index contributed by atoms with van der Waals surface area (Å²) in [5.41, 5.74) is 1.82. The summed E-state index contributed by atoms with van der Waals surface area (Å²) < 4.78 is 0. The number of pyridine rings is 1. The molecule has 1 aromatic carbocycles. The summed E-state index contributed by atoms with van der Waals surface area (Å²) in [5.74, 6) is 0.484. The summed E-state index contributed by atoms with van der Waals surface area (Å²) in [4.78, 5) is 20.2. The Balaban J connectivity index is 1.48. The lowest BCUT2D eigenvalue weighted by molar-refractivity contribution is 0.143. The van der Waals surface area contributed by atoms with Crippen molar-refractivity contribution in [1.29, 1.82) is 5.26 Å². The van der Waals surface area contributed by atoms with Gasteiger partial charge in [0.1, 0.15) is 11.6 Å². The topological polar surface area (TPSA) is 92.5 Å². The molecule has 0 spiro atoms. The molecule has 1 aliphatic heterocycles. The highest BCUT2D eigenvalue weighted by Gasteiger charge is 2.21. The lowest BCUT2D eigenvalue weighted by Crippen LogP contribution is -2.49. The monoisotopic (exact) mass is 337 g/mol. The van der Waals surface area contributed by atoms with Crippen LogP contribution in [-0.2, 0) is 6.54 Å². The maximum atomic E-state index is 12.3. The van der Waals surface area contributed by atoms with Crippen LogP contribution >= 0.6 is 0 Å². The zero-order valence-corrected chi connectivity index (χ0v) is 13.7. The van der Waals surface area contributed by atoms with Gasteiger partial charge >= 0.3 is 6.03 Å². The molecule has 0 radical (unpaired) electrons. The van der Waals surface area contributed by atoms with Crippen molar-refractivity contribution < 1.29 is 9.90 Å². The van der Waals surface area contributed by atoms with E-state index in [4.69, 9.17) is 5.26 Å². The predicted octanol–water partition coefficient (Wildman–Crippen LogP) is 2.01. The summed E-state index contributed by atoms with van der Waals surface area (Å²) in [6, 6.07) is 12.6. The average molecular weight is 337 g/mol. The Kier molecular flexibility index (Phi) is 5.11. The summed E-state index contributed by atoms with van der Waals surface area (Å²) in [6.07, 6.45) is 1.30. The van der Waals surface area contributed by atoms with Crippen LogP contribution in [0.1, 0.15) is 11.1 Å². The molecular weight excluding hydrogens is 318 g/mol. The minimum Gasteiger partial charge on any atom is -0.506 e. The van der Waals surface area contributed by atoms with E-state index >= 15 is 0 Å². The Bertz CT molecular complexity index is 760. The van der Waals surface area contributed by atoms with Crippen LogP contribution in [0.4, 0.5) is 10.6 Å². The number of urea groups is 1. The van der Waals surface area contributed by atoms with Crippen molar-refractivity contribution in [3.8, 4) is 11.8 Å². The van der Waals surface area contributed by atoms with E-state index in [-0.39, 0.29) is 11.8 Å². The van der Waals surface area contributed by atoms with E-state index in [0.717, 1.165) is 25.2 Å². The van der Waals surface area contributed by atoms with Gasteiger partial charge in [-0.05, 0) is 29.8 Å². The first-order chi connectivity index (χ1) is 12.1. The van der Waals surface area contributed by atoms with Crippen LogP contribution in [0.25, 0.3) is 0 Å². The molecule has 2 aromatic rings. The maximum absolute atomic E-state index is 12.3. The SMILES string of the molecule is N#Cc1ccc(CN2CCN(C(=O)Nc3ccc(O)cn3)CC2)cc1. The van der Waals surface area contributed by atoms with Crippen molar-refractivity contribution in [2.45, 2.75) is 6.54 Å². The van der Waals surface area contributed by atoms with Crippen molar-refractivity contribution in [3.63, 3.8) is 0 Å². The van der Waals surface area contributed by atoms with Crippen LogP contribution in [0, 0.1) is 11.3 Å². The zero-order chi connectivity index (χ0) is 17.6. The molecule has 128 valence electrons. The maximum Gasteiger partial charge on any atom is 0.323 e. The fourth-order valence-electron chi connectivity index (χ4n) is 2.70. The van der Waals surface area contributed by atoms with Gasteiger partial charge in [-0.1, -0.05) is 12.1 Å². The highest BCUT2D eigenvalue weighted by atomic mass is 16.3. The molecule has 7 nitrogen and oxygen atoms in total. The largest absolute Gasteiger partial charge is 0.506 e. The van der Waals surface area contributed by atoms with Gasteiger partial charge in [0.2, 0.25) is 0 Å². The van der Waals surface area contributed by atoms with E-state index in [1.165, 1.54) is 12.3 Å². The molecule has 1 aromatic heterocycles. The van der Waals surface area contributed by atoms with E-state index in [9.17, 15) is 9.90 Å². The number of nitrogens with one attached hydrogen (secondary N) is 1. The number of hydrogen-bond donors (Lipinski definition) is 2. The Labute approximate surface area is 146 Å². The smallest absolute Gasteiger partial charge is 0.323 e. The van der Waals surface area contributed by atoms with Gasteiger partial charge in [-0.25, -0.2) is 9.78 Å². The van der Waals surface area contributed by atoms with Gasteiger partial charge in [-0.3, -0.25) is 10.2 Å². The van der Waals surface area contributed by atoms with Crippen molar-refractivity contribution in [2.24, 2.45) is 0 Å². The standard InChI is InChI=1S/C18H19N5O2/c19-11-14-1-3-15(4-2-14)13-22-7-9-23(10-8-22)18(25)21-17-6-5-16(24)12-20-17/h1-6,12,24H,7-10,13H2,(H,20,21,25). The van der Waals surface area contributed by atoms with Gasteiger partial charge in [0, 0.05) is 32.7 Å². The number of hydrogen-bond acceptors (Lipinski definition) is 5. The van der Waals surface area contributed by atoms with Crippen LogP contribution in [0.2, 0.25) is 0 Å². The Hall–Kier alpha value is -3.11.